The highest BCUT2D eigenvalue weighted by molar-refractivity contribution is 5.97. The molecular weight excluding hydrogens is 897 g/mol. The van der Waals surface area contributed by atoms with Crippen molar-refractivity contribution in [1.29, 1.82) is 10.5 Å². The second-order valence-corrected chi connectivity index (χ2v) is 20.7. The number of rotatable bonds is 14. The van der Waals surface area contributed by atoms with Crippen LogP contribution in [0.5, 0.6) is 0 Å². The van der Waals surface area contributed by atoms with E-state index in [9.17, 15) is 29.7 Å². The van der Waals surface area contributed by atoms with Gasteiger partial charge < -0.3 is 50.0 Å². The number of nitrogens with one attached hydrogen (secondary N) is 6. The van der Waals surface area contributed by atoms with Crippen LogP contribution in [-0.2, 0) is 28.5 Å². The quantitative estimate of drug-likeness (QED) is 0.105. The van der Waals surface area contributed by atoms with E-state index in [-0.39, 0.29) is 23.7 Å². The molecule has 0 unspecified atom stereocenters. The lowest BCUT2D eigenvalue weighted by Crippen LogP contribution is -2.56. The highest BCUT2D eigenvalue weighted by atomic mass is 16.6. The molecule has 4 heterocycles. The second-order valence-electron chi connectivity index (χ2n) is 20.7. The van der Waals surface area contributed by atoms with E-state index in [4.69, 9.17) is 28.9 Å². The number of ether oxygens (including phenoxy) is 4. The van der Waals surface area contributed by atoms with Crippen LogP contribution in [0.3, 0.4) is 0 Å². The summed E-state index contributed by atoms with van der Waals surface area (Å²) in [6, 6.07) is 3.31. The Balaban J connectivity index is 0.000000261. The van der Waals surface area contributed by atoms with E-state index >= 15 is 0 Å². The zero-order valence-electron chi connectivity index (χ0n) is 42.6. The average molecular weight is 981 g/mol. The summed E-state index contributed by atoms with van der Waals surface area (Å²) in [5.41, 5.74) is -1.77. The van der Waals surface area contributed by atoms with Crippen LogP contribution in [0, 0.1) is 46.3 Å². The number of hydrogen-bond donors (Lipinski definition) is 6. The Bertz CT molecular complexity index is 1650. The first-order valence-electron chi connectivity index (χ1n) is 26.4. The maximum Gasteiger partial charge on any atom is 0.413 e. The van der Waals surface area contributed by atoms with E-state index in [0.29, 0.717) is 154 Å². The molecule has 0 spiro atoms. The number of aliphatic imine (C=N–C) groups is 2. The van der Waals surface area contributed by atoms with Crippen LogP contribution < -0.4 is 31.9 Å². The Morgan fingerprint density at radius 2 is 0.943 bits per heavy atom. The van der Waals surface area contributed by atoms with Crippen molar-refractivity contribution in [3.63, 3.8) is 0 Å². The minimum atomic E-state index is -0.884. The number of morpholine rings is 2. The molecule has 2 atom stereocenters. The van der Waals surface area contributed by atoms with Crippen LogP contribution in [-0.4, -0.2) is 161 Å². The maximum absolute atomic E-state index is 13.6. The normalized spacial score (nSPS) is 22.2. The van der Waals surface area contributed by atoms with Crippen LogP contribution in [0.2, 0.25) is 0 Å². The van der Waals surface area contributed by atoms with Gasteiger partial charge in [-0.15, -0.1) is 0 Å². The summed E-state index contributed by atoms with van der Waals surface area (Å²) >= 11 is 0. The number of alkyl carbamates (subject to hydrolysis) is 2. The topological polar surface area (TPSA) is 256 Å². The summed E-state index contributed by atoms with van der Waals surface area (Å²) < 4.78 is 21.6. The molecule has 2 saturated carbocycles. The molecule has 0 bridgehead atoms. The van der Waals surface area contributed by atoms with Crippen LogP contribution in [0.1, 0.15) is 130 Å². The van der Waals surface area contributed by atoms with Gasteiger partial charge in [-0.1, -0.05) is 91.9 Å². The van der Waals surface area contributed by atoms with Crippen LogP contribution >= 0.6 is 0 Å². The number of nitriles is 2. The molecule has 4 aliphatic heterocycles. The third kappa shape index (κ3) is 19.1. The molecule has 0 aromatic carbocycles. The highest BCUT2D eigenvalue weighted by Gasteiger charge is 2.39. The van der Waals surface area contributed by atoms with Gasteiger partial charge in [0.15, 0.2) is 0 Å². The molecule has 4 amide bonds. The summed E-state index contributed by atoms with van der Waals surface area (Å²) in [5.74, 6) is 1.40. The molecule has 392 valence electrons. The summed E-state index contributed by atoms with van der Waals surface area (Å²) in [6.45, 7) is 15.6. The minimum absolute atomic E-state index is 0.210. The van der Waals surface area contributed by atoms with E-state index in [1.54, 1.807) is 0 Å². The molecule has 2 aliphatic carbocycles. The van der Waals surface area contributed by atoms with Gasteiger partial charge in [-0.3, -0.25) is 20.2 Å². The van der Waals surface area contributed by atoms with E-state index < -0.39 is 35.3 Å². The molecular formula is C50H84N12O8. The molecule has 4 saturated heterocycles. The molecule has 6 fully saturated rings. The molecule has 20 heteroatoms. The van der Waals surface area contributed by atoms with Gasteiger partial charge in [0.1, 0.15) is 23.2 Å². The third-order valence-corrected chi connectivity index (χ3v) is 13.9. The average Bonchev–Trinajstić information content (AvgIpc) is 3.38. The SMILES string of the molecule is CC(C)COC(=O)NC(=N[C@@H](CC1CCCCC1)C(=O)NC1(C#N)CCNCC1)N1CCOCC1.CC(C)COC(=O)NC(=N[C@@H](CC1CCCCC1)C(=O)NC1(C#N)CCNCC1)N1CCOCC1. The first kappa shape index (κ1) is 56.2. The summed E-state index contributed by atoms with van der Waals surface area (Å²) in [5, 5.41) is 37.9. The Labute approximate surface area is 416 Å². The summed E-state index contributed by atoms with van der Waals surface area (Å²) in [4.78, 5) is 65.8. The lowest BCUT2D eigenvalue weighted by molar-refractivity contribution is -0.125. The fraction of sp³-hybridized carbons (Fsp3) is 0.840. The van der Waals surface area contributed by atoms with E-state index in [1.165, 1.54) is 12.8 Å². The summed E-state index contributed by atoms with van der Waals surface area (Å²) in [7, 11) is 0. The molecule has 0 radical (unpaired) electrons. The van der Waals surface area contributed by atoms with Crippen molar-refractivity contribution in [1.82, 2.24) is 41.7 Å². The van der Waals surface area contributed by atoms with Gasteiger partial charge in [0.05, 0.1) is 51.8 Å². The van der Waals surface area contributed by atoms with Gasteiger partial charge in [0, 0.05) is 26.2 Å². The monoisotopic (exact) mass is 981 g/mol. The minimum Gasteiger partial charge on any atom is -0.449 e. The number of guanidine groups is 2. The Hall–Kier alpha value is -4.76. The molecule has 6 N–H and O–H groups in total. The highest BCUT2D eigenvalue weighted by Crippen LogP contribution is 2.30. The third-order valence-electron chi connectivity index (χ3n) is 13.9. The van der Waals surface area contributed by atoms with Crippen molar-refractivity contribution in [3.8, 4) is 12.1 Å². The van der Waals surface area contributed by atoms with E-state index in [0.717, 1.165) is 51.4 Å². The van der Waals surface area contributed by atoms with Gasteiger partial charge in [0.25, 0.3) is 0 Å². The van der Waals surface area contributed by atoms with Gasteiger partial charge in [-0.25, -0.2) is 19.6 Å². The Kier molecular flexibility index (Phi) is 23.7. The lowest BCUT2D eigenvalue weighted by Gasteiger charge is -2.34. The molecule has 0 aromatic rings. The smallest absolute Gasteiger partial charge is 0.413 e. The largest absolute Gasteiger partial charge is 0.449 e. The molecule has 20 nitrogen and oxygen atoms in total. The van der Waals surface area contributed by atoms with Crippen LogP contribution in [0.4, 0.5) is 9.59 Å². The fourth-order valence-electron chi connectivity index (χ4n) is 9.76. The predicted molar refractivity (Wildman–Crippen MR) is 265 cm³/mol. The summed E-state index contributed by atoms with van der Waals surface area (Å²) in [6.07, 6.45) is 13.7. The lowest BCUT2D eigenvalue weighted by atomic mass is 9.84. The van der Waals surface area contributed by atoms with Gasteiger partial charge in [-0.05, 0) is 88.4 Å². The Morgan fingerprint density at radius 3 is 1.26 bits per heavy atom. The van der Waals surface area contributed by atoms with Crippen LogP contribution in [0.25, 0.3) is 0 Å². The van der Waals surface area contributed by atoms with Gasteiger partial charge in [-0.2, -0.15) is 10.5 Å². The molecule has 6 aliphatic rings. The van der Waals surface area contributed by atoms with Crippen molar-refractivity contribution in [2.45, 2.75) is 154 Å². The first-order valence-corrected chi connectivity index (χ1v) is 26.4. The van der Waals surface area contributed by atoms with E-state index in [1.807, 2.05) is 37.5 Å². The fourth-order valence-corrected chi connectivity index (χ4v) is 9.76. The number of carbonyl (C=O) groups is 4. The number of carbonyl (C=O) groups excluding carboxylic acids is 4. The molecule has 0 aromatic heterocycles. The van der Waals surface area contributed by atoms with Gasteiger partial charge in [0.2, 0.25) is 23.7 Å². The molecule has 6 rings (SSSR count). The van der Waals surface area contributed by atoms with Crippen molar-refractivity contribution in [2.75, 3.05) is 92.0 Å². The first-order chi connectivity index (χ1) is 33.8. The standard InChI is InChI=1S/2C25H42N6O4/c2*1-19(2)17-35-24(33)29-23(31-12-14-34-15-13-31)28-21(16-20-6-4-3-5-7-20)22(32)30-25(18-26)8-10-27-11-9-25/h2*19-21,27H,3-17H2,1-2H3,(H,30,32)(H,28,29,33)/t2*21-/m00/s1. The van der Waals surface area contributed by atoms with Crippen LogP contribution in [0.15, 0.2) is 9.98 Å². The number of hydrogen-bond acceptors (Lipinski definition) is 14. The van der Waals surface area contributed by atoms with Crippen molar-refractivity contribution in [3.05, 3.63) is 0 Å². The predicted octanol–water partition coefficient (Wildman–Crippen LogP) is 4.32. The zero-order chi connectivity index (χ0) is 50.2. The van der Waals surface area contributed by atoms with Crippen molar-refractivity contribution >= 4 is 35.9 Å². The Morgan fingerprint density at radius 1 is 0.600 bits per heavy atom. The number of nitrogens with zero attached hydrogens (tertiary/aromatic N) is 6. The van der Waals surface area contributed by atoms with E-state index in [2.05, 4.69) is 44.0 Å². The number of amides is 4. The zero-order valence-corrected chi connectivity index (χ0v) is 42.6. The second kappa shape index (κ2) is 29.6. The van der Waals surface area contributed by atoms with Crippen molar-refractivity contribution < 1.29 is 38.1 Å². The maximum atomic E-state index is 13.6. The van der Waals surface area contributed by atoms with Gasteiger partial charge >= 0.3 is 12.2 Å². The van der Waals surface area contributed by atoms with Crippen molar-refractivity contribution in [2.24, 2.45) is 33.7 Å². The number of piperidine rings is 2. The molecule has 70 heavy (non-hydrogen) atoms.